The first kappa shape index (κ1) is 15.8. The third kappa shape index (κ3) is 3.02. The molecule has 0 aromatic heterocycles. The van der Waals surface area contributed by atoms with Crippen LogP contribution < -0.4 is 0 Å². The summed E-state index contributed by atoms with van der Waals surface area (Å²) in [6, 6.07) is 3.98. The summed E-state index contributed by atoms with van der Waals surface area (Å²) < 4.78 is 13.1. The number of aromatic hydroxyl groups is 1. The topological polar surface area (TPSA) is 60.8 Å². The minimum atomic E-state index is -0.720. The van der Waals surface area contributed by atoms with Crippen molar-refractivity contribution in [1.82, 2.24) is 4.90 Å². The standard InChI is InChI=1S/C16H22FNO3/c1-3-16(15(20)21)6-8-18(9-7-16)11(2)13-5-4-12(17)10-14(13)19/h4-5,10-11,19H,3,6-9H2,1-2H3,(H,20,21). The van der Waals surface area contributed by atoms with Gasteiger partial charge in [-0.05, 0) is 45.3 Å². The van der Waals surface area contributed by atoms with Crippen LogP contribution in [0.1, 0.15) is 44.7 Å². The molecule has 21 heavy (non-hydrogen) atoms. The summed E-state index contributed by atoms with van der Waals surface area (Å²) in [4.78, 5) is 13.6. The van der Waals surface area contributed by atoms with Crippen molar-refractivity contribution >= 4 is 5.97 Å². The van der Waals surface area contributed by atoms with Crippen LogP contribution in [0.15, 0.2) is 18.2 Å². The van der Waals surface area contributed by atoms with Gasteiger partial charge in [-0.1, -0.05) is 13.0 Å². The van der Waals surface area contributed by atoms with Gasteiger partial charge in [0.1, 0.15) is 11.6 Å². The van der Waals surface area contributed by atoms with Crippen molar-refractivity contribution in [3.63, 3.8) is 0 Å². The number of carboxylic acids is 1. The maximum Gasteiger partial charge on any atom is 0.309 e. The van der Waals surface area contributed by atoms with Gasteiger partial charge in [-0.25, -0.2) is 4.39 Å². The first-order chi connectivity index (χ1) is 9.89. The van der Waals surface area contributed by atoms with E-state index < -0.39 is 17.2 Å². The second-order valence-corrected chi connectivity index (χ2v) is 5.85. The molecule has 2 rings (SSSR count). The molecule has 4 nitrogen and oxygen atoms in total. The maximum absolute atomic E-state index is 13.1. The lowest BCUT2D eigenvalue weighted by atomic mass is 9.76. The fourth-order valence-electron chi connectivity index (χ4n) is 3.12. The fourth-order valence-corrected chi connectivity index (χ4v) is 3.12. The Balaban J connectivity index is 2.09. The summed E-state index contributed by atoms with van der Waals surface area (Å²) >= 11 is 0. The largest absolute Gasteiger partial charge is 0.508 e. The van der Waals surface area contributed by atoms with E-state index in [1.54, 1.807) is 6.07 Å². The molecule has 1 aliphatic rings. The Morgan fingerprint density at radius 3 is 2.52 bits per heavy atom. The number of phenols is 1. The fraction of sp³-hybridized carbons (Fsp3) is 0.562. The predicted octanol–water partition coefficient (Wildman–Crippen LogP) is 3.17. The van der Waals surface area contributed by atoms with E-state index in [9.17, 15) is 19.4 Å². The van der Waals surface area contributed by atoms with E-state index in [4.69, 9.17) is 0 Å². The molecule has 1 atom stereocenters. The average molecular weight is 295 g/mol. The van der Waals surface area contributed by atoms with E-state index >= 15 is 0 Å². The maximum atomic E-state index is 13.1. The van der Waals surface area contributed by atoms with Gasteiger partial charge in [0.05, 0.1) is 5.41 Å². The number of piperidine rings is 1. The number of phenolic OH excluding ortho intramolecular Hbond substituents is 1. The smallest absolute Gasteiger partial charge is 0.309 e. The van der Waals surface area contributed by atoms with Crippen LogP contribution in [0.5, 0.6) is 5.75 Å². The van der Waals surface area contributed by atoms with Crippen molar-refractivity contribution in [2.45, 2.75) is 39.2 Å². The monoisotopic (exact) mass is 295 g/mol. The number of carbonyl (C=O) groups is 1. The number of nitrogens with zero attached hydrogens (tertiary/aromatic N) is 1. The van der Waals surface area contributed by atoms with E-state index in [1.807, 2.05) is 13.8 Å². The molecule has 0 radical (unpaired) electrons. The number of hydrogen-bond donors (Lipinski definition) is 2. The molecular weight excluding hydrogens is 273 g/mol. The van der Waals surface area contributed by atoms with Gasteiger partial charge in [0.15, 0.2) is 0 Å². The molecule has 2 N–H and O–H groups in total. The number of likely N-dealkylation sites (tertiary alicyclic amines) is 1. The summed E-state index contributed by atoms with van der Waals surface area (Å²) in [5, 5.41) is 19.3. The van der Waals surface area contributed by atoms with Gasteiger partial charge in [0.25, 0.3) is 0 Å². The van der Waals surface area contributed by atoms with Crippen LogP contribution in [-0.2, 0) is 4.79 Å². The summed E-state index contributed by atoms with van der Waals surface area (Å²) in [5.41, 5.74) is 0.0526. The van der Waals surface area contributed by atoms with Crippen molar-refractivity contribution in [3.05, 3.63) is 29.6 Å². The highest BCUT2D eigenvalue weighted by Crippen LogP contribution is 2.39. The first-order valence-corrected chi connectivity index (χ1v) is 7.35. The zero-order valence-electron chi connectivity index (χ0n) is 12.5. The summed E-state index contributed by atoms with van der Waals surface area (Å²) in [7, 11) is 0. The number of halogens is 1. The Morgan fingerprint density at radius 1 is 1.43 bits per heavy atom. The number of aliphatic carboxylic acids is 1. The predicted molar refractivity (Wildman–Crippen MR) is 77.6 cm³/mol. The zero-order chi connectivity index (χ0) is 15.6. The normalized spacial score (nSPS) is 20.1. The van der Waals surface area contributed by atoms with Crippen LogP contribution in [0.4, 0.5) is 4.39 Å². The summed E-state index contributed by atoms with van der Waals surface area (Å²) in [6.07, 6.45) is 1.84. The molecule has 0 saturated carbocycles. The quantitative estimate of drug-likeness (QED) is 0.895. The molecule has 1 aromatic rings. The van der Waals surface area contributed by atoms with E-state index in [0.29, 0.717) is 37.9 Å². The van der Waals surface area contributed by atoms with Gasteiger partial charge < -0.3 is 10.2 Å². The molecule has 0 spiro atoms. The molecule has 1 fully saturated rings. The van der Waals surface area contributed by atoms with Crippen LogP contribution in [0.2, 0.25) is 0 Å². The first-order valence-electron chi connectivity index (χ1n) is 7.35. The van der Waals surface area contributed by atoms with E-state index in [2.05, 4.69) is 4.90 Å². The van der Waals surface area contributed by atoms with Crippen molar-refractivity contribution in [2.75, 3.05) is 13.1 Å². The molecule has 116 valence electrons. The van der Waals surface area contributed by atoms with Crippen LogP contribution in [0.3, 0.4) is 0 Å². The zero-order valence-corrected chi connectivity index (χ0v) is 12.5. The highest BCUT2D eigenvalue weighted by Gasteiger charge is 2.40. The van der Waals surface area contributed by atoms with Crippen LogP contribution in [0, 0.1) is 11.2 Å². The molecule has 0 amide bonds. The second-order valence-electron chi connectivity index (χ2n) is 5.85. The Morgan fingerprint density at radius 2 is 2.05 bits per heavy atom. The van der Waals surface area contributed by atoms with Crippen molar-refractivity contribution in [1.29, 1.82) is 0 Å². The van der Waals surface area contributed by atoms with E-state index in [1.165, 1.54) is 6.07 Å². The Hall–Kier alpha value is -1.62. The summed E-state index contributed by atoms with van der Waals surface area (Å²) in [6.45, 7) is 5.20. The van der Waals surface area contributed by atoms with Gasteiger partial charge in [-0.15, -0.1) is 0 Å². The number of hydrogen-bond acceptors (Lipinski definition) is 3. The lowest BCUT2D eigenvalue weighted by Gasteiger charge is -2.41. The van der Waals surface area contributed by atoms with E-state index in [0.717, 1.165) is 6.07 Å². The molecule has 5 heteroatoms. The van der Waals surface area contributed by atoms with Gasteiger partial charge in [0, 0.05) is 17.7 Å². The lowest BCUT2D eigenvalue weighted by Crippen LogP contribution is -2.44. The van der Waals surface area contributed by atoms with Gasteiger partial charge in [-0.3, -0.25) is 9.69 Å². The van der Waals surface area contributed by atoms with Crippen molar-refractivity contribution < 1.29 is 19.4 Å². The minimum Gasteiger partial charge on any atom is -0.508 e. The van der Waals surface area contributed by atoms with Crippen LogP contribution >= 0.6 is 0 Å². The molecule has 1 unspecified atom stereocenters. The number of rotatable bonds is 4. The minimum absolute atomic E-state index is 0.0481. The van der Waals surface area contributed by atoms with Gasteiger partial charge >= 0.3 is 5.97 Å². The highest BCUT2D eigenvalue weighted by atomic mass is 19.1. The molecule has 1 aliphatic heterocycles. The molecule has 1 heterocycles. The molecule has 0 bridgehead atoms. The number of benzene rings is 1. The SMILES string of the molecule is CCC1(C(=O)O)CCN(C(C)c2ccc(F)cc2O)CC1. The Labute approximate surface area is 124 Å². The highest BCUT2D eigenvalue weighted by molar-refractivity contribution is 5.74. The van der Waals surface area contributed by atoms with Gasteiger partial charge in [0.2, 0.25) is 0 Å². The van der Waals surface area contributed by atoms with Crippen LogP contribution in [-0.4, -0.2) is 34.2 Å². The molecule has 1 saturated heterocycles. The summed E-state index contributed by atoms with van der Waals surface area (Å²) in [5.74, 6) is -1.23. The Kier molecular flexibility index (Phi) is 4.52. The van der Waals surface area contributed by atoms with Crippen molar-refractivity contribution in [2.24, 2.45) is 5.41 Å². The average Bonchev–Trinajstić information content (AvgIpc) is 2.46. The lowest BCUT2D eigenvalue weighted by molar-refractivity contribution is -0.152. The number of carboxylic acid groups (broad SMARTS) is 1. The third-order valence-corrected chi connectivity index (χ3v) is 4.88. The second kappa shape index (κ2) is 6.02. The van der Waals surface area contributed by atoms with Crippen molar-refractivity contribution in [3.8, 4) is 5.75 Å². The molecule has 0 aliphatic carbocycles. The third-order valence-electron chi connectivity index (χ3n) is 4.88. The Bertz CT molecular complexity index is 524. The molecule has 1 aromatic carbocycles. The molecular formula is C16H22FNO3. The van der Waals surface area contributed by atoms with E-state index in [-0.39, 0.29) is 11.8 Å². The van der Waals surface area contributed by atoms with Gasteiger partial charge in [-0.2, -0.15) is 0 Å². The van der Waals surface area contributed by atoms with Crippen LogP contribution in [0.25, 0.3) is 0 Å².